The molecule has 0 aliphatic heterocycles. The molecule has 1 unspecified atom stereocenters. The molecular weight excluding hydrogens is 270 g/mol. The van der Waals surface area contributed by atoms with E-state index in [1.165, 1.54) is 6.33 Å². The van der Waals surface area contributed by atoms with E-state index in [4.69, 9.17) is 14.2 Å². The van der Waals surface area contributed by atoms with Crippen LogP contribution in [-0.4, -0.2) is 38.3 Å². The minimum absolute atomic E-state index is 0.0695. The lowest BCUT2D eigenvalue weighted by molar-refractivity contribution is 0.323. The van der Waals surface area contributed by atoms with E-state index in [2.05, 4.69) is 15.3 Å². The number of hydrogen-bond acceptors (Lipinski definition) is 6. The maximum Gasteiger partial charge on any atom is 0.203 e. The molecule has 2 aromatic rings. The number of rotatable bonds is 6. The summed E-state index contributed by atoms with van der Waals surface area (Å²) in [7, 11) is 6.66. The molecule has 0 saturated heterocycles. The summed E-state index contributed by atoms with van der Waals surface area (Å²) in [5.41, 5.74) is 1.93. The van der Waals surface area contributed by atoms with E-state index in [0.29, 0.717) is 17.2 Å². The predicted octanol–water partition coefficient (Wildman–Crippen LogP) is 1.81. The van der Waals surface area contributed by atoms with Gasteiger partial charge in [-0.2, -0.15) is 0 Å². The summed E-state index contributed by atoms with van der Waals surface area (Å²) < 4.78 is 16.1. The van der Waals surface area contributed by atoms with E-state index in [1.54, 1.807) is 33.7 Å². The molecule has 112 valence electrons. The van der Waals surface area contributed by atoms with Gasteiger partial charge in [0.25, 0.3) is 0 Å². The highest BCUT2D eigenvalue weighted by molar-refractivity contribution is 5.55. The summed E-state index contributed by atoms with van der Waals surface area (Å²) in [4.78, 5) is 8.12. The second kappa shape index (κ2) is 6.90. The molecule has 1 heterocycles. The fourth-order valence-corrected chi connectivity index (χ4v) is 2.25. The van der Waals surface area contributed by atoms with Crippen LogP contribution in [0, 0.1) is 0 Å². The highest BCUT2D eigenvalue weighted by Crippen LogP contribution is 2.40. The maximum atomic E-state index is 5.39. The molecule has 0 aliphatic rings. The molecule has 21 heavy (non-hydrogen) atoms. The van der Waals surface area contributed by atoms with Crippen molar-refractivity contribution in [2.24, 2.45) is 0 Å². The van der Waals surface area contributed by atoms with E-state index in [0.717, 1.165) is 11.1 Å². The van der Waals surface area contributed by atoms with Crippen LogP contribution in [0.1, 0.15) is 17.2 Å². The zero-order valence-corrected chi connectivity index (χ0v) is 12.6. The average molecular weight is 289 g/mol. The summed E-state index contributed by atoms with van der Waals surface area (Å²) in [6.07, 6.45) is 5.06. The van der Waals surface area contributed by atoms with Gasteiger partial charge in [0.1, 0.15) is 6.33 Å². The zero-order valence-electron chi connectivity index (χ0n) is 12.6. The first-order valence-corrected chi connectivity index (χ1v) is 6.47. The summed E-state index contributed by atoms with van der Waals surface area (Å²) in [6, 6.07) is 3.75. The largest absolute Gasteiger partial charge is 0.493 e. The molecule has 0 radical (unpaired) electrons. The van der Waals surface area contributed by atoms with E-state index in [1.807, 2.05) is 19.2 Å². The van der Waals surface area contributed by atoms with Gasteiger partial charge in [-0.05, 0) is 24.7 Å². The average Bonchev–Trinajstić information content (AvgIpc) is 2.55. The second-order valence-electron chi connectivity index (χ2n) is 4.35. The molecule has 1 atom stereocenters. The molecule has 6 heteroatoms. The van der Waals surface area contributed by atoms with Crippen molar-refractivity contribution in [2.75, 3.05) is 28.4 Å². The summed E-state index contributed by atoms with van der Waals surface area (Å²) in [5, 5.41) is 3.24. The molecule has 0 amide bonds. The van der Waals surface area contributed by atoms with Gasteiger partial charge in [-0.25, -0.2) is 9.97 Å². The molecule has 6 nitrogen and oxygen atoms in total. The quantitative estimate of drug-likeness (QED) is 0.875. The molecule has 0 bridgehead atoms. The number of benzene rings is 1. The minimum Gasteiger partial charge on any atom is -0.493 e. The Morgan fingerprint density at radius 2 is 1.48 bits per heavy atom. The van der Waals surface area contributed by atoms with Crippen molar-refractivity contribution >= 4 is 0 Å². The third-order valence-corrected chi connectivity index (χ3v) is 3.22. The number of hydrogen-bond donors (Lipinski definition) is 1. The van der Waals surface area contributed by atoms with Gasteiger partial charge in [0.2, 0.25) is 5.75 Å². The Morgan fingerprint density at radius 1 is 0.905 bits per heavy atom. The molecule has 0 saturated carbocycles. The molecule has 0 spiro atoms. The SMILES string of the molecule is CNC(c1cncnc1)c1cc(OC)c(OC)c(OC)c1. The van der Waals surface area contributed by atoms with Crippen LogP contribution in [0.4, 0.5) is 0 Å². The van der Waals surface area contributed by atoms with Crippen LogP contribution in [0.3, 0.4) is 0 Å². The fourth-order valence-electron chi connectivity index (χ4n) is 2.25. The molecule has 2 rings (SSSR count). The van der Waals surface area contributed by atoms with E-state index < -0.39 is 0 Å². The second-order valence-corrected chi connectivity index (χ2v) is 4.35. The van der Waals surface area contributed by atoms with Gasteiger partial charge in [0.15, 0.2) is 11.5 Å². The monoisotopic (exact) mass is 289 g/mol. The first kappa shape index (κ1) is 15.1. The molecule has 0 aliphatic carbocycles. The molecular formula is C15H19N3O3. The van der Waals surface area contributed by atoms with Gasteiger partial charge >= 0.3 is 0 Å². The van der Waals surface area contributed by atoms with E-state index >= 15 is 0 Å². The summed E-state index contributed by atoms with van der Waals surface area (Å²) >= 11 is 0. The number of nitrogens with zero attached hydrogens (tertiary/aromatic N) is 2. The third kappa shape index (κ3) is 3.05. The first-order valence-electron chi connectivity index (χ1n) is 6.47. The fraction of sp³-hybridized carbons (Fsp3) is 0.333. The standard InChI is InChI=1S/C15H19N3O3/c1-16-14(11-7-17-9-18-8-11)10-5-12(19-2)15(21-4)13(6-10)20-3/h5-9,14,16H,1-4H3. The lowest BCUT2D eigenvalue weighted by Crippen LogP contribution is -2.18. The molecule has 1 aromatic heterocycles. The Morgan fingerprint density at radius 3 is 1.90 bits per heavy atom. The van der Waals surface area contributed by atoms with Crippen LogP contribution in [0.5, 0.6) is 17.2 Å². The zero-order chi connectivity index (χ0) is 15.2. The van der Waals surface area contributed by atoms with Gasteiger partial charge in [-0.15, -0.1) is 0 Å². The lowest BCUT2D eigenvalue weighted by atomic mass is 10.0. The Balaban J connectivity index is 2.52. The Hall–Kier alpha value is -2.34. The van der Waals surface area contributed by atoms with Crippen molar-refractivity contribution in [2.45, 2.75) is 6.04 Å². The molecule has 1 aromatic carbocycles. The predicted molar refractivity (Wildman–Crippen MR) is 79.0 cm³/mol. The Kier molecular flexibility index (Phi) is 4.94. The van der Waals surface area contributed by atoms with E-state index in [9.17, 15) is 0 Å². The first-order chi connectivity index (χ1) is 10.2. The normalized spacial score (nSPS) is 11.8. The van der Waals surface area contributed by atoms with Gasteiger partial charge in [0.05, 0.1) is 27.4 Å². The van der Waals surface area contributed by atoms with Crippen molar-refractivity contribution < 1.29 is 14.2 Å². The van der Waals surface area contributed by atoms with Gasteiger partial charge in [-0.1, -0.05) is 0 Å². The number of methoxy groups -OCH3 is 3. The number of aromatic nitrogens is 2. The number of ether oxygens (including phenoxy) is 3. The van der Waals surface area contributed by atoms with Crippen molar-refractivity contribution in [1.82, 2.24) is 15.3 Å². The van der Waals surface area contributed by atoms with Crippen LogP contribution in [0.25, 0.3) is 0 Å². The lowest BCUT2D eigenvalue weighted by Gasteiger charge is -2.20. The number of nitrogens with one attached hydrogen (secondary N) is 1. The highest BCUT2D eigenvalue weighted by atomic mass is 16.5. The van der Waals surface area contributed by atoms with Gasteiger partial charge < -0.3 is 19.5 Å². The Bertz CT molecular complexity index is 565. The highest BCUT2D eigenvalue weighted by Gasteiger charge is 2.19. The molecule has 1 N–H and O–H groups in total. The van der Waals surface area contributed by atoms with E-state index in [-0.39, 0.29) is 6.04 Å². The van der Waals surface area contributed by atoms with Crippen molar-refractivity contribution in [1.29, 1.82) is 0 Å². The van der Waals surface area contributed by atoms with Gasteiger partial charge in [0, 0.05) is 18.0 Å². The van der Waals surface area contributed by atoms with Gasteiger partial charge in [-0.3, -0.25) is 0 Å². The smallest absolute Gasteiger partial charge is 0.203 e. The van der Waals surface area contributed by atoms with Crippen molar-refractivity contribution in [3.05, 3.63) is 42.0 Å². The molecule has 0 fully saturated rings. The third-order valence-electron chi connectivity index (χ3n) is 3.22. The summed E-state index contributed by atoms with van der Waals surface area (Å²) in [6.45, 7) is 0. The van der Waals surface area contributed by atoms with Crippen molar-refractivity contribution in [3.63, 3.8) is 0 Å². The summed E-state index contributed by atoms with van der Waals surface area (Å²) in [5.74, 6) is 1.80. The van der Waals surface area contributed by atoms with Crippen LogP contribution < -0.4 is 19.5 Å². The topological polar surface area (TPSA) is 65.5 Å². The Labute approximate surface area is 124 Å². The van der Waals surface area contributed by atoms with Crippen LogP contribution in [-0.2, 0) is 0 Å². The van der Waals surface area contributed by atoms with Crippen LogP contribution in [0.15, 0.2) is 30.9 Å². The maximum absolute atomic E-state index is 5.39. The van der Waals surface area contributed by atoms with Crippen LogP contribution in [0.2, 0.25) is 0 Å². The van der Waals surface area contributed by atoms with Crippen molar-refractivity contribution in [3.8, 4) is 17.2 Å². The minimum atomic E-state index is -0.0695. The van der Waals surface area contributed by atoms with Crippen LogP contribution >= 0.6 is 0 Å².